The van der Waals surface area contributed by atoms with E-state index in [2.05, 4.69) is 0 Å². The molecular weight excluding hydrogens is 256 g/mol. The lowest BCUT2D eigenvalue weighted by molar-refractivity contribution is 0.0813. The minimum Gasteiger partial charge on any atom is -0.493 e. The highest BCUT2D eigenvalue weighted by Crippen LogP contribution is 2.28. The summed E-state index contributed by atoms with van der Waals surface area (Å²) in [6, 6.07) is 5.77. The molecule has 112 valence electrons. The molecule has 0 radical (unpaired) electrons. The smallest absolute Gasteiger partial charge is 0.160 e. The first-order valence-corrected chi connectivity index (χ1v) is 7.23. The fourth-order valence-corrected chi connectivity index (χ4v) is 2.63. The number of hydrogen-bond donors (Lipinski definition) is 1. The molecular formula is C16H24O4. The minimum atomic E-state index is -0.336. The molecule has 1 fully saturated rings. The van der Waals surface area contributed by atoms with Crippen LogP contribution in [0.4, 0.5) is 0 Å². The summed E-state index contributed by atoms with van der Waals surface area (Å²) in [6.07, 6.45) is 4.63. The van der Waals surface area contributed by atoms with Gasteiger partial charge in [0.1, 0.15) is 0 Å². The van der Waals surface area contributed by atoms with Gasteiger partial charge in [0.15, 0.2) is 11.5 Å². The van der Waals surface area contributed by atoms with Crippen molar-refractivity contribution in [3.05, 3.63) is 23.8 Å². The molecule has 2 unspecified atom stereocenters. The Balaban J connectivity index is 1.85. The van der Waals surface area contributed by atoms with Gasteiger partial charge in [0, 0.05) is 6.61 Å². The van der Waals surface area contributed by atoms with Gasteiger partial charge in [-0.05, 0) is 49.8 Å². The summed E-state index contributed by atoms with van der Waals surface area (Å²) in [5.41, 5.74) is 1.06. The summed E-state index contributed by atoms with van der Waals surface area (Å²) in [4.78, 5) is 0. The quantitative estimate of drug-likeness (QED) is 0.834. The second-order valence-electron chi connectivity index (χ2n) is 5.26. The monoisotopic (exact) mass is 280 g/mol. The molecule has 20 heavy (non-hydrogen) atoms. The maximum atomic E-state index is 10.1. The highest BCUT2D eigenvalue weighted by molar-refractivity contribution is 5.43. The average molecular weight is 280 g/mol. The number of rotatable bonds is 7. The summed E-state index contributed by atoms with van der Waals surface area (Å²) in [5.74, 6) is 1.42. The van der Waals surface area contributed by atoms with Gasteiger partial charge in [-0.3, -0.25) is 0 Å². The number of aliphatic hydroxyl groups is 1. The molecule has 2 atom stereocenters. The predicted molar refractivity (Wildman–Crippen MR) is 77.5 cm³/mol. The van der Waals surface area contributed by atoms with E-state index in [4.69, 9.17) is 14.2 Å². The van der Waals surface area contributed by atoms with Crippen molar-refractivity contribution in [1.82, 2.24) is 0 Å². The zero-order valence-electron chi connectivity index (χ0n) is 12.3. The Kier molecular flexibility index (Phi) is 5.68. The zero-order valence-corrected chi connectivity index (χ0v) is 12.3. The summed E-state index contributed by atoms with van der Waals surface area (Å²) < 4.78 is 16.1. The van der Waals surface area contributed by atoms with Gasteiger partial charge in [-0.25, -0.2) is 0 Å². The van der Waals surface area contributed by atoms with Gasteiger partial charge in [-0.1, -0.05) is 6.07 Å². The number of ether oxygens (including phenoxy) is 3. The Morgan fingerprint density at radius 3 is 2.75 bits per heavy atom. The van der Waals surface area contributed by atoms with Crippen molar-refractivity contribution in [2.24, 2.45) is 0 Å². The summed E-state index contributed by atoms with van der Waals surface area (Å²) in [7, 11) is 3.24. The lowest BCUT2D eigenvalue weighted by Crippen LogP contribution is -2.15. The summed E-state index contributed by atoms with van der Waals surface area (Å²) in [5, 5.41) is 10.1. The molecule has 1 aromatic rings. The first-order valence-electron chi connectivity index (χ1n) is 7.23. The minimum absolute atomic E-state index is 0.336. The van der Waals surface area contributed by atoms with E-state index < -0.39 is 0 Å². The maximum Gasteiger partial charge on any atom is 0.160 e. The van der Waals surface area contributed by atoms with Crippen LogP contribution in [-0.2, 0) is 11.2 Å². The van der Waals surface area contributed by atoms with Crippen molar-refractivity contribution in [1.29, 1.82) is 0 Å². The van der Waals surface area contributed by atoms with Crippen LogP contribution in [0.25, 0.3) is 0 Å². The number of benzene rings is 1. The SMILES string of the molecule is COc1ccc(CC(O)CCC2CCCO2)cc1OC. The molecule has 1 saturated heterocycles. The molecule has 0 aliphatic carbocycles. The van der Waals surface area contributed by atoms with Gasteiger partial charge < -0.3 is 19.3 Å². The van der Waals surface area contributed by atoms with Crippen LogP contribution in [0.3, 0.4) is 0 Å². The van der Waals surface area contributed by atoms with Crippen molar-refractivity contribution in [2.45, 2.75) is 44.3 Å². The first kappa shape index (κ1) is 15.1. The van der Waals surface area contributed by atoms with Crippen molar-refractivity contribution < 1.29 is 19.3 Å². The maximum absolute atomic E-state index is 10.1. The molecule has 4 heteroatoms. The fraction of sp³-hybridized carbons (Fsp3) is 0.625. The Morgan fingerprint density at radius 1 is 1.30 bits per heavy atom. The lowest BCUT2D eigenvalue weighted by Gasteiger charge is -2.15. The van der Waals surface area contributed by atoms with Crippen LogP contribution in [0.5, 0.6) is 11.5 Å². The highest BCUT2D eigenvalue weighted by atomic mass is 16.5. The first-order chi connectivity index (χ1) is 9.72. The summed E-state index contributed by atoms with van der Waals surface area (Å²) >= 11 is 0. The van der Waals surface area contributed by atoms with Crippen LogP contribution >= 0.6 is 0 Å². The molecule has 2 rings (SSSR count). The lowest BCUT2D eigenvalue weighted by atomic mass is 10.0. The molecule has 0 saturated carbocycles. The second-order valence-corrected chi connectivity index (χ2v) is 5.26. The largest absolute Gasteiger partial charge is 0.493 e. The third kappa shape index (κ3) is 4.12. The predicted octanol–water partition coefficient (Wildman–Crippen LogP) is 2.57. The summed E-state index contributed by atoms with van der Waals surface area (Å²) in [6.45, 7) is 0.871. The normalized spacial score (nSPS) is 19.9. The molecule has 0 spiro atoms. The molecule has 4 nitrogen and oxygen atoms in total. The number of hydrogen-bond acceptors (Lipinski definition) is 4. The van der Waals surface area contributed by atoms with Crippen LogP contribution in [-0.4, -0.2) is 38.1 Å². The number of methoxy groups -OCH3 is 2. The van der Waals surface area contributed by atoms with Gasteiger partial charge in [-0.15, -0.1) is 0 Å². The van der Waals surface area contributed by atoms with E-state index in [1.165, 1.54) is 0 Å². The van der Waals surface area contributed by atoms with Crippen LogP contribution in [0.15, 0.2) is 18.2 Å². The Morgan fingerprint density at radius 2 is 2.10 bits per heavy atom. The topological polar surface area (TPSA) is 47.9 Å². The van der Waals surface area contributed by atoms with E-state index in [-0.39, 0.29) is 6.10 Å². The Bertz CT molecular complexity index is 413. The Hall–Kier alpha value is -1.26. The molecule has 0 aromatic heterocycles. The van der Waals surface area contributed by atoms with E-state index in [1.807, 2.05) is 18.2 Å². The van der Waals surface area contributed by atoms with E-state index in [0.717, 1.165) is 37.9 Å². The van der Waals surface area contributed by atoms with E-state index in [9.17, 15) is 5.11 Å². The molecule has 1 aliphatic heterocycles. The van der Waals surface area contributed by atoms with Crippen molar-refractivity contribution in [3.63, 3.8) is 0 Å². The van der Waals surface area contributed by atoms with Crippen LogP contribution in [0.1, 0.15) is 31.2 Å². The van der Waals surface area contributed by atoms with Gasteiger partial charge in [0.25, 0.3) is 0 Å². The molecule has 1 aliphatic rings. The highest BCUT2D eigenvalue weighted by Gasteiger charge is 2.17. The molecule has 0 bridgehead atoms. The molecule has 0 amide bonds. The third-order valence-electron chi connectivity index (χ3n) is 3.77. The van der Waals surface area contributed by atoms with Crippen LogP contribution in [0, 0.1) is 0 Å². The standard InChI is InChI=1S/C16H24O4/c1-18-15-8-5-12(11-16(15)19-2)10-13(17)6-7-14-4-3-9-20-14/h5,8,11,13-14,17H,3-4,6-7,9-10H2,1-2H3. The van der Waals surface area contributed by atoms with Gasteiger partial charge >= 0.3 is 0 Å². The van der Waals surface area contributed by atoms with Gasteiger partial charge in [0.05, 0.1) is 26.4 Å². The van der Waals surface area contributed by atoms with Gasteiger partial charge in [-0.2, -0.15) is 0 Å². The van der Waals surface area contributed by atoms with E-state index in [0.29, 0.717) is 24.0 Å². The number of aliphatic hydroxyl groups excluding tert-OH is 1. The average Bonchev–Trinajstić information content (AvgIpc) is 2.98. The Labute approximate surface area is 120 Å². The second kappa shape index (κ2) is 7.50. The van der Waals surface area contributed by atoms with Crippen LogP contribution in [0.2, 0.25) is 0 Å². The van der Waals surface area contributed by atoms with E-state index in [1.54, 1.807) is 14.2 Å². The van der Waals surface area contributed by atoms with Crippen molar-refractivity contribution >= 4 is 0 Å². The molecule has 1 N–H and O–H groups in total. The molecule has 1 heterocycles. The van der Waals surface area contributed by atoms with Crippen molar-refractivity contribution in [2.75, 3.05) is 20.8 Å². The molecule has 1 aromatic carbocycles. The van der Waals surface area contributed by atoms with Crippen molar-refractivity contribution in [3.8, 4) is 11.5 Å². The van der Waals surface area contributed by atoms with Gasteiger partial charge in [0.2, 0.25) is 0 Å². The zero-order chi connectivity index (χ0) is 14.4. The third-order valence-corrected chi connectivity index (χ3v) is 3.77. The van der Waals surface area contributed by atoms with E-state index >= 15 is 0 Å². The fourth-order valence-electron chi connectivity index (χ4n) is 2.63. The van der Waals surface area contributed by atoms with Crippen LogP contribution < -0.4 is 9.47 Å².